The summed E-state index contributed by atoms with van der Waals surface area (Å²) in [6.45, 7) is 1.16. The van der Waals surface area contributed by atoms with Gasteiger partial charge in [0.15, 0.2) is 0 Å². The van der Waals surface area contributed by atoms with Gasteiger partial charge in [0.25, 0.3) is 11.5 Å². The molecule has 150 valence electrons. The Balaban J connectivity index is 1.41. The molecule has 3 heterocycles. The van der Waals surface area contributed by atoms with Crippen LogP contribution in [0.25, 0.3) is 10.9 Å². The number of carbonyl (C=O) groups excluding carboxylic acids is 1. The Morgan fingerprint density at radius 2 is 1.93 bits per heavy atom. The van der Waals surface area contributed by atoms with E-state index in [2.05, 4.69) is 10.1 Å². The fraction of sp³-hybridized carbons (Fsp3) is 0.429. The zero-order valence-electron chi connectivity index (χ0n) is 16.2. The van der Waals surface area contributed by atoms with Crippen molar-refractivity contribution in [2.24, 2.45) is 18.9 Å². The molecule has 2 aromatic heterocycles. The minimum atomic E-state index is -0.512. The summed E-state index contributed by atoms with van der Waals surface area (Å²) in [5.41, 5.74) is 0.741. The summed E-state index contributed by atoms with van der Waals surface area (Å²) in [6, 6.07) is 9.15. The average molecular weight is 393 g/mol. The summed E-state index contributed by atoms with van der Waals surface area (Å²) >= 11 is 0. The fourth-order valence-corrected chi connectivity index (χ4v) is 4.99. The van der Waals surface area contributed by atoms with Crippen LogP contribution >= 0.6 is 0 Å². The summed E-state index contributed by atoms with van der Waals surface area (Å²) in [4.78, 5) is 31.8. The molecule has 8 heteroatoms. The Labute approximate surface area is 167 Å². The first-order valence-electron chi connectivity index (χ1n) is 9.93. The summed E-state index contributed by atoms with van der Waals surface area (Å²) in [7, 11) is 1.70. The molecule has 1 saturated carbocycles. The van der Waals surface area contributed by atoms with E-state index in [9.17, 15) is 14.7 Å². The van der Waals surface area contributed by atoms with Crippen LogP contribution in [-0.4, -0.2) is 54.4 Å². The maximum atomic E-state index is 13.2. The third kappa shape index (κ3) is 2.95. The lowest BCUT2D eigenvalue weighted by atomic mass is 9.77. The summed E-state index contributed by atoms with van der Waals surface area (Å²) in [5.74, 6) is 0.288. The van der Waals surface area contributed by atoms with Gasteiger partial charge >= 0.3 is 0 Å². The Bertz CT molecular complexity index is 1120. The highest BCUT2D eigenvalue weighted by atomic mass is 16.3. The van der Waals surface area contributed by atoms with Crippen LogP contribution < -0.4 is 5.56 Å². The molecule has 8 nitrogen and oxygen atoms in total. The molecule has 29 heavy (non-hydrogen) atoms. The van der Waals surface area contributed by atoms with Crippen molar-refractivity contribution in [2.45, 2.75) is 25.0 Å². The second-order valence-corrected chi connectivity index (χ2v) is 8.19. The maximum Gasteiger partial charge on any atom is 0.263 e. The zero-order valence-corrected chi connectivity index (χ0v) is 16.2. The lowest BCUT2D eigenvalue weighted by Gasteiger charge is -2.34. The monoisotopic (exact) mass is 393 g/mol. The molecule has 0 bridgehead atoms. The molecule has 3 aromatic rings. The Morgan fingerprint density at radius 3 is 2.69 bits per heavy atom. The maximum absolute atomic E-state index is 13.2. The van der Waals surface area contributed by atoms with Crippen molar-refractivity contribution in [1.29, 1.82) is 0 Å². The van der Waals surface area contributed by atoms with Gasteiger partial charge in [0.2, 0.25) is 0 Å². The van der Waals surface area contributed by atoms with Crippen LogP contribution in [-0.2, 0) is 7.05 Å². The average Bonchev–Trinajstić information content (AvgIpc) is 3.39. The van der Waals surface area contributed by atoms with Gasteiger partial charge in [-0.15, -0.1) is 0 Å². The summed E-state index contributed by atoms with van der Waals surface area (Å²) in [6.07, 6.45) is 3.95. The number of aliphatic hydroxyl groups is 1. The number of rotatable bonds is 2. The number of benzene rings is 1. The van der Waals surface area contributed by atoms with Crippen LogP contribution in [0, 0.1) is 11.8 Å². The Hall–Kier alpha value is -3.00. The number of aliphatic hydroxyl groups excluding tert-OH is 1. The van der Waals surface area contributed by atoms with E-state index < -0.39 is 6.10 Å². The largest absolute Gasteiger partial charge is 0.391 e. The second kappa shape index (κ2) is 6.81. The van der Waals surface area contributed by atoms with Crippen LogP contribution in [0.1, 0.15) is 29.2 Å². The van der Waals surface area contributed by atoms with Crippen molar-refractivity contribution in [3.05, 3.63) is 58.9 Å². The Kier molecular flexibility index (Phi) is 4.24. The van der Waals surface area contributed by atoms with Crippen molar-refractivity contribution in [2.75, 3.05) is 13.1 Å². The molecule has 1 amide bonds. The van der Waals surface area contributed by atoms with Gasteiger partial charge in [-0.05, 0) is 42.2 Å². The number of para-hydroxylation sites is 1. The van der Waals surface area contributed by atoms with Crippen LogP contribution in [0.3, 0.4) is 0 Å². The number of amides is 1. The van der Waals surface area contributed by atoms with Crippen molar-refractivity contribution in [1.82, 2.24) is 24.2 Å². The molecule has 2 aliphatic rings. The van der Waals surface area contributed by atoms with E-state index in [0.29, 0.717) is 19.5 Å². The molecule has 0 spiro atoms. The number of hydrogen-bond donors (Lipinski definition) is 1. The predicted molar refractivity (Wildman–Crippen MR) is 106 cm³/mol. The molecule has 1 N–H and O–H groups in total. The van der Waals surface area contributed by atoms with Crippen molar-refractivity contribution >= 4 is 16.8 Å². The highest BCUT2D eigenvalue weighted by Crippen LogP contribution is 2.41. The van der Waals surface area contributed by atoms with Crippen molar-refractivity contribution in [3.8, 4) is 0 Å². The van der Waals surface area contributed by atoms with E-state index >= 15 is 0 Å². The van der Waals surface area contributed by atoms with Crippen molar-refractivity contribution < 1.29 is 9.90 Å². The molecule has 1 aliphatic carbocycles. The lowest BCUT2D eigenvalue weighted by Crippen LogP contribution is -2.36. The molecule has 5 rings (SSSR count). The quantitative estimate of drug-likeness (QED) is 0.707. The molecule has 2 fully saturated rings. The minimum absolute atomic E-state index is 0.123. The number of aromatic nitrogens is 4. The van der Waals surface area contributed by atoms with Crippen LogP contribution in [0.4, 0.5) is 0 Å². The first-order valence-corrected chi connectivity index (χ1v) is 9.93. The highest BCUT2D eigenvalue weighted by molar-refractivity contribution is 5.97. The lowest BCUT2D eigenvalue weighted by molar-refractivity contribution is 0.0304. The molecule has 1 aromatic carbocycles. The van der Waals surface area contributed by atoms with Crippen LogP contribution in [0.5, 0.6) is 0 Å². The number of carbonyl (C=O) groups is 1. The molecule has 0 unspecified atom stereocenters. The fourth-order valence-electron chi connectivity index (χ4n) is 4.99. The van der Waals surface area contributed by atoms with E-state index in [1.807, 2.05) is 24.3 Å². The third-order valence-corrected chi connectivity index (χ3v) is 6.54. The van der Waals surface area contributed by atoms with Gasteiger partial charge in [0, 0.05) is 20.1 Å². The van der Waals surface area contributed by atoms with E-state index in [1.165, 1.54) is 10.9 Å². The SMILES string of the molecule is Cn1c(=O)c(C(=O)N2C[C@H]3C[C@@H](n4cncn4)[C@H](O)C[C@H]3C2)cc2ccccc21. The summed E-state index contributed by atoms with van der Waals surface area (Å²) in [5, 5.41) is 15.6. The zero-order chi connectivity index (χ0) is 20.1. The normalized spacial score (nSPS) is 26.6. The second-order valence-electron chi connectivity index (χ2n) is 8.19. The number of pyridine rings is 1. The summed E-state index contributed by atoms with van der Waals surface area (Å²) < 4.78 is 3.25. The van der Waals surface area contributed by atoms with Gasteiger partial charge in [-0.1, -0.05) is 18.2 Å². The Morgan fingerprint density at radius 1 is 1.17 bits per heavy atom. The smallest absolute Gasteiger partial charge is 0.263 e. The van der Waals surface area contributed by atoms with Crippen LogP contribution in [0.15, 0.2) is 47.8 Å². The molecule has 1 aliphatic heterocycles. The predicted octanol–water partition coefficient (Wildman–Crippen LogP) is 1.21. The van der Waals surface area contributed by atoms with Gasteiger partial charge in [-0.3, -0.25) is 9.59 Å². The van der Waals surface area contributed by atoms with Gasteiger partial charge in [0.1, 0.15) is 18.2 Å². The number of fused-ring (bicyclic) bond motifs is 2. The van der Waals surface area contributed by atoms with Crippen molar-refractivity contribution in [3.63, 3.8) is 0 Å². The first kappa shape index (κ1) is 18.1. The van der Waals surface area contributed by atoms with Gasteiger partial charge in [-0.2, -0.15) is 5.10 Å². The molecular formula is C21H23N5O3. The molecule has 4 atom stereocenters. The molecular weight excluding hydrogens is 370 g/mol. The third-order valence-electron chi connectivity index (χ3n) is 6.54. The van der Waals surface area contributed by atoms with Gasteiger partial charge in [-0.25, -0.2) is 9.67 Å². The van der Waals surface area contributed by atoms with E-state index in [-0.39, 0.29) is 34.9 Å². The van der Waals surface area contributed by atoms with Crippen LogP contribution in [0.2, 0.25) is 0 Å². The highest BCUT2D eigenvalue weighted by Gasteiger charge is 2.44. The van der Waals surface area contributed by atoms with Gasteiger partial charge < -0.3 is 14.6 Å². The number of likely N-dealkylation sites (tertiary alicyclic amines) is 1. The molecule has 1 saturated heterocycles. The molecule has 0 radical (unpaired) electrons. The van der Waals surface area contributed by atoms with Gasteiger partial charge in [0.05, 0.1) is 17.7 Å². The first-order chi connectivity index (χ1) is 14.0. The van der Waals surface area contributed by atoms with E-state index in [1.54, 1.807) is 29.0 Å². The standard InChI is InChI=1S/C21H23N5O3/c1-24-17-5-3-2-4-13(17)6-16(20(24)28)21(29)25-9-14-7-18(26-12-22-11-23-26)19(27)8-15(14)10-25/h2-6,11-12,14-15,18-19,27H,7-10H2,1H3/t14-,15+,18-,19-/m1/s1. The van der Waals surface area contributed by atoms with E-state index in [0.717, 1.165) is 17.3 Å². The topological polar surface area (TPSA) is 93.3 Å². The minimum Gasteiger partial charge on any atom is -0.391 e. The number of hydrogen-bond acceptors (Lipinski definition) is 5. The van der Waals surface area contributed by atoms with E-state index in [4.69, 9.17) is 0 Å². The number of aryl methyl sites for hydroxylation is 1. The number of nitrogens with zero attached hydrogens (tertiary/aromatic N) is 5.